The second-order valence-corrected chi connectivity index (χ2v) is 5.34. The molecule has 5 nitrogen and oxygen atoms in total. The van der Waals surface area contributed by atoms with E-state index < -0.39 is 23.5 Å². The van der Waals surface area contributed by atoms with Gasteiger partial charge in [0.15, 0.2) is 0 Å². The van der Waals surface area contributed by atoms with Gasteiger partial charge in [-0.3, -0.25) is 10.1 Å². The summed E-state index contributed by atoms with van der Waals surface area (Å²) in [5, 5.41) is 4.44. The van der Waals surface area contributed by atoms with Gasteiger partial charge >= 0.3 is 12.3 Å². The molecule has 2 aromatic rings. The number of ether oxygens (including phenoxy) is 1. The maximum Gasteiger partial charge on any atom is 0.418 e. The number of rotatable bonds is 3. The number of amides is 2. The summed E-state index contributed by atoms with van der Waals surface area (Å²) in [6.07, 6.45) is -5.78. The van der Waals surface area contributed by atoms with Crippen LogP contribution in [-0.4, -0.2) is 12.0 Å². The summed E-state index contributed by atoms with van der Waals surface area (Å²) in [6, 6.07) is 8.69. The van der Waals surface area contributed by atoms with Crippen molar-refractivity contribution in [2.75, 3.05) is 10.6 Å². The molecule has 0 aliphatic heterocycles. The van der Waals surface area contributed by atoms with Crippen molar-refractivity contribution in [3.8, 4) is 5.75 Å². The second kappa shape index (κ2) is 7.43. The highest BCUT2D eigenvalue weighted by atomic mass is 35.5. The first-order valence-electron chi connectivity index (χ1n) is 6.88. The van der Waals surface area contributed by atoms with E-state index in [2.05, 4.69) is 5.32 Å². The van der Waals surface area contributed by atoms with Crippen LogP contribution >= 0.6 is 11.6 Å². The van der Waals surface area contributed by atoms with Crippen molar-refractivity contribution in [3.05, 3.63) is 53.1 Å². The zero-order valence-electron chi connectivity index (χ0n) is 12.8. The number of nitrogens with one attached hydrogen (secondary N) is 2. The normalized spacial score (nSPS) is 10.9. The van der Waals surface area contributed by atoms with Gasteiger partial charge in [0, 0.05) is 17.6 Å². The van der Waals surface area contributed by atoms with Gasteiger partial charge in [-0.15, -0.1) is 0 Å². The number of carbonyl (C=O) groups is 2. The Morgan fingerprint density at radius 2 is 1.68 bits per heavy atom. The zero-order valence-corrected chi connectivity index (χ0v) is 13.5. The summed E-state index contributed by atoms with van der Waals surface area (Å²) < 4.78 is 43.8. The standard InChI is InChI=1S/C16H12ClF3N2O3/c1-9(23)21-11-3-5-12(6-4-11)25-15(24)22-14-7-2-10(17)8-13(14)16(18,19)20/h2-8H,1H3,(H,21,23)(H,22,24). The quantitative estimate of drug-likeness (QED) is 0.802. The highest BCUT2D eigenvalue weighted by Gasteiger charge is 2.34. The van der Waals surface area contributed by atoms with Crippen LogP contribution in [0.4, 0.5) is 29.3 Å². The molecule has 0 aliphatic rings. The van der Waals surface area contributed by atoms with E-state index in [-0.39, 0.29) is 16.7 Å². The Labute approximate surface area is 145 Å². The average Bonchev–Trinajstić information content (AvgIpc) is 2.49. The van der Waals surface area contributed by atoms with Crippen molar-refractivity contribution in [3.63, 3.8) is 0 Å². The molecule has 0 bridgehead atoms. The largest absolute Gasteiger partial charge is 0.418 e. The molecule has 2 aromatic carbocycles. The van der Waals surface area contributed by atoms with Gasteiger partial charge in [0.2, 0.25) is 5.91 Å². The van der Waals surface area contributed by atoms with Gasteiger partial charge in [-0.05, 0) is 42.5 Å². The molecule has 9 heteroatoms. The second-order valence-electron chi connectivity index (χ2n) is 4.91. The Hall–Kier alpha value is -2.74. The monoisotopic (exact) mass is 372 g/mol. The van der Waals surface area contributed by atoms with E-state index in [9.17, 15) is 22.8 Å². The summed E-state index contributed by atoms with van der Waals surface area (Å²) in [5.74, 6) is -0.178. The zero-order chi connectivity index (χ0) is 18.6. The lowest BCUT2D eigenvalue weighted by atomic mass is 10.1. The Morgan fingerprint density at radius 1 is 1.04 bits per heavy atom. The fraction of sp³-hybridized carbons (Fsp3) is 0.125. The smallest absolute Gasteiger partial charge is 0.410 e. The predicted octanol–water partition coefficient (Wildman–Crippen LogP) is 4.93. The third-order valence-corrected chi connectivity index (χ3v) is 3.14. The van der Waals surface area contributed by atoms with Crippen LogP contribution in [0.3, 0.4) is 0 Å². The number of benzene rings is 2. The van der Waals surface area contributed by atoms with E-state index in [4.69, 9.17) is 16.3 Å². The minimum Gasteiger partial charge on any atom is -0.410 e. The number of hydrogen-bond acceptors (Lipinski definition) is 3. The van der Waals surface area contributed by atoms with Gasteiger partial charge in [-0.25, -0.2) is 4.79 Å². The highest BCUT2D eigenvalue weighted by Crippen LogP contribution is 2.36. The molecule has 0 spiro atoms. The molecule has 0 aliphatic carbocycles. The Bertz CT molecular complexity index is 792. The summed E-state index contributed by atoms with van der Waals surface area (Å²) >= 11 is 5.57. The van der Waals surface area contributed by atoms with Gasteiger partial charge in [-0.2, -0.15) is 13.2 Å². The van der Waals surface area contributed by atoms with Crippen LogP contribution in [0.5, 0.6) is 5.75 Å². The minimum atomic E-state index is -4.69. The molecular formula is C16H12ClF3N2O3. The van der Waals surface area contributed by atoms with E-state index >= 15 is 0 Å². The first kappa shape index (κ1) is 18.6. The lowest BCUT2D eigenvalue weighted by molar-refractivity contribution is -0.136. The van der Waals surface area contributed by atoms with Gasteiger partial charge in [0.1, 0.15) is 5.75 Å². The summed E-state index contributed by atoms with van der Waals surface area (Å²) in [6.45, 7) is 1.34. The molecule has 2 rings (SSSR count). The van der Waals surface area contributed by atoms with Crippen molar-refractivity contribution >= 4 is 35.0 Å². The van der Waals surface area contributed by atoms with Crippen LogP contribution in [0.2, 0.25) is 5.02 Å². The molecule has 0 heterocycles. The van der Waals surface area contributed by atoms with Crippen LogP contribution in [-0.2, 0) is 11.0 Å². The van der Waals surface area contributed by atoms with Gasteiger partial charge in [0.05, 0.1) is 11.3 Å². The topological polar surface area (TPSA) is 67.4 Å². The van der Waals surface area contributed by atoms with Crippen LogP contribution in [0.25, 0.3) is 0 Å². The Balaban J connectivity index is 2.09. The third kappa shape index (κ3) is 5.39. The fourth-order valence-electron chi connectivity index (χ4n) is 1.91. The first-order valence-corrected chi connectivity index (χ1v) is 7.26. The molecule has 2 N–H and O–H groups in total. The molecule has 0 radical (unpaired) electrons. The maximum absolute atomic E-state index is 13.0. The van der Waals surface area contributed by atoms with E-state index in [0.717, 1.165) is 6.07 Å². The van der Waals surface area contributed by atoms with E-state index in [1.54, 1.807) is 0 Å². The molecule has 0 atom stereocenters. The molecule has 0 aromatic heterocycles. The first-order chi connectivity index (χ1) is 11.6. The lowest BCUT2D eigenvalue weighted by Gasteiger charge is -2.14. The van der Waals surface area contributed by atoms with Gasteiger partial charge < -0.3 is 10.1 Å². The van der Waals surface area contributed by atoms with Crippen molar-refractivity contribution in [1.29, 1.82) is 0 Å². The minimum absolute atomic E-state index is 0.0918. The van der Waals surface area contributed by atoms with Crippen molar-refractivity contribution in [2.24, 2.45) is 0 Å². The number of carbonyl (C=O) groups excluding carboxylic acids is 2. The number of anilines is 2. The van der Waals surface area contributed by atoms with Crippen molar-refractivity contribution in [1.82, 2.24) is 0 Å². The average molecular weight is 373 g/mol. The van der Waals surface area contributed by atoms with Crippen molar-refractivity contribution in [2.45, 2.75) is 13.1 Å². The number of halogens is 4. The summed E-state index contributed by atoms with van der Waals surface area (Å²) in [5.41, 5.74) is -1.08. The Morgan fingerprint density at radius 3 is 2.24 bits per heavy atom. The van der Waals surface area contributed by atoms with Crippen LogP contribution in [0, 0.1) is 0 Å². The highest BCUT2D eigenvalue weighted by molar-refractivity contribution is 6.30. The molecule has 0 unspecified atom stereocenters. The molecule has 0 saturated heterocycles. The maximum atomic E-state index is 13.0. The summed E-state index contributed by atoms with van der Waals surface area (Å²) in [4.78, 5) is 22.7. The molecule has 0 saturated carbocycles. The van der Waals surface area contributed by atoms with Crippen LogP contribution in [0.15, 0.2) is 42.5 Å². The number of alkyl halides is 3. The van der Waals surface area contributed by atoms with Gasteiger partial charge in [-0.1, -0.05) is 11.6 Å². The van der Waals surface area contributed by atoms with Crippen molar-refractivity contribution < 1.29 is 27.5 Å². The SMILES string of the molecule is CC(=O)Nc1ccc(OC(=O)Nc2ccc(Cl)cc2C(F)(F)F)cc1. The molecule has 25 heavy (non-hydrogen) atoms. The molecule has 132 valence electrons. The van der Waals surface area contributed by atoms with E-state index in [1.165, 1.54) is 37.3 Å². The van der Waals surface area contributed by atoms with E-state index in [1.807, 2.05) is 5.32 Å². The third-order valence-electron chi connectivity index (χ3n) is 2.91. The molecule has 0 fully saturated rings. The fourth-order valence-corrected chi connectivity index (χ4v) is 2.08. The number of hydrogen-bond donors (Lipinski definition) is 2. The van der Waals surface area contributed by atoms with Crippen LogP contribution in [0.1, 0.15) is 12.5 Å². The van der Waals surface area contributed by atoms with Crippen LogP contribution < -0.4 is 15.4 Å². The van der Waals surface area contributed by atoms with E-state index in [0.29, 0.717) is 11.8 Å². The Kier molecular flexibility index (Phi) is 5.53. The molecular weight excluding hydrogens is 361 g/mol. The molecule has 2 amide bonds. The van der Waals surface area contributed by atoms with Gasteiger partial charge in [0.25, 0.3) is 0 Å². The predicted molar refractivity (Wildman–Crippen MR) is 86.8 cm³/mol. The summed E-state index contributed by atoms with van der Waals surface area (Å²) in [7, 11) is 0. The lowest BCUT2D eigenvalue weighted by Crippen LogP contribution is -2.20.